The molecule has 0 aliphatic heterocycles. The highest BCUT2D eigenvalue weighted by atomic mass is 35.5. The Kier molecular flexibility index (Phi) is 5.89. The smallest absolute Gasteiger partial charge is 0.270 e. The van der Waals surface area contributed by atoms with Gasteiger partial charge in [-0.3, -0.25) is 10.1 Å². The molecule has 0 unspecified atom stereocenters. The first-order valence-corrected chi connectivity index (χ1v) is 10.1. The fraction of sp³-hybridized carbons (Fsp3) is 0.143. The molecule has 0 fully saturated rings. The molecule has 0 bridgehead atoms. The highest BCUT2D eigenvalue weighted by molar-refractivity contribution is 7.13. The second kappa shape index (κ2) is 8.06. The molecule has 0 aliphatic carbocycles. The normalized spacial score (nSPS) is 10.8. The van der Waals surface area contributed by atoms with E-state index in [9.17, 15) is 4.79 Å². The van der Waals surface area contributed by atoms with E-state index in [1.165, 1.54) is 6.92 Å². The molecule has 1 aromatic carbocycles. The minimum Gasteiger partial charge on any atom is -1.00 e. The SMILES string of the molecule is CC(=O)n1c(-c2cccs2)c(Nc2c(C)cccc2C)[n+]2c(N)cc(Cl)cc12.[Cl-]. The van der Waals surface area contributed by atoms with Crippen molar-refractivity contribution in [1.82, 2.24) is 4.57 Å². The summed E-state index contributed by atoms with van der Waals surface area (Å²) in [6.45, 7) is 5.64. The minimum atomic E-state index is -0.114. The Morgan fingerprint density at radius 3 is 2.45 bits per heavy atom. The van der Waals surface area contributed by atoms with Crippen LogP contribution in [0.1, 0.15) is 22.8 Å². The van der Waals surface area contributed by atoms with Gasteiger partial charge in [-0.15, -0.1) is 11.3 Å². The molecule has 8 heteroatoms. The molecule has 29 heavy (non-hydrogen) atoms. The first-order chi connectivity index (χ1) is 13.4. The summed E-state index contributed by atoms with van der Waals surface area (Å²) in [6, 6.07) is 13.5. The number of para-hydroxylation sites is 1. The molecule has 3 heterocycles. The maximum Gasteiger partial charge on any atom is 0.270 e. The van der Waals surface area contributed by atoms with Gasteiger partial charge < -0.3 is 18.1 Å². The van der Waals surface area contributed by atoms with E-state index in [1.807, 2.05) is 28.0 Å². The Morgan fingerprint density at radius 2 is 1.86 bits per heavy atom. The number of hydrogen-bond acceptors (Lipinski definition) is 4. The molecular weight excluding hydrogens is 427 g/mol. The Hall–Kier alpha value is -2.54. The Labute approximate surface area is 184 Å². The number of nitrogen functional groups attached to an aromatic ring is 1. The lowest BCUT2D eigenvalue weighted by molar-refractivity contribution is -0.477. The number of aryl methyl sites for hydroxylation is 2. The van der Waals surface area contributed by atoms with E-state index in [0.29, 0.717) is 16.5 Å². The number of aromatic nitrogens is 2. The molecule has 3 N–H and O–H groups in total. The van der Waals surface area contributed by atoms with Gasteiger partial charge in [-0.25, -0.2) is 4.57 Å². The third-order valence-corrected chi connectivity index (χ3v) is 5.83. The topological polar surface area (TPSA) is 64.2 Å². The first-order valence-electron chi connectivity index (χ1n) is 8.82. The summed E-state index contributed by atoms with van der Waals surface area (Å²) in [5.74, 6) is 1.07. The van der Waals surface area contributed by atoms with Crippen LogP contribution < -0.4 is 27.9 Å². The molecule has 0 radical (unpaired) electrons. The number of anilines is 3. The van der Waals surface area contributed by atoms with E-state index in [4.69, 9.17) is 17.3 Å². The van der Waals surface area contributed by atoms with E-state index in [1.54, 1.807) is 28.0 Å². The van der Waals surface area contributed by atoms with Gasteiger partial charge in [0, 0.05) is 19.1 Å². The number of thiophene rings is 1. The van der Waals surface area contributed by atoms with Crippen LogP contribution >= 0.6 is 22.9 Å². The van der Waals surface area contributed by atoms with Crippen molar-refractivity contribution in [3.63, 3.8) is 0 Å². The summed E-state index contributed by atoms with van der Waals surface area (Å²) in [5, 5.41) is 6.02. The summed E-state index contributed by atoms with van der Waals surface area (Å²) >= 11 is 7.83. The van der Waals surface area contributed by atoms with Crippen LogP contribution in [0.3, 0.4) is 0 Å². The van der Waals surface area contributed by atoms with Gasteiger partial charge in [-0.05, 0) is 36.4 Å². The molecule has 4 rings (SSSR count). The maximum atomic E-state index is 12.6. The van der Waals surface area contributed by atoms with Crippen LogP contribution in [0.5, 0.6) is 0 Å². The van der Waals surface area contributed by atoms with Crippen molar-refractivity contribution in [2.45, 2.75) is 20.8 Å². The van der Waals surface area contributed by atoms with Crippen LogP contribution in [0.4, 0.5) is 17.3 Å². The number of rotatable bonds is 3. The quantitative estimate of drug-likeness (QED) is 0.474. The second-order valence-electron chi connectivity index (χ2n) is 6.71. The van der Waals surface area contributed by atoms with Crippen molar-refractivity contribution in [3.05, 3.63) is 64.0 Å². The summed E-state index contributed by atoms with van der Waals surface area (Å²) in [4.78, 5) is 13.6. The number of pyridine rings is 1. The molecular formula is C21H20Cl2N4OS. The van der Waals surface area contributed by atoms with Crippen molar-refractivity contribution in [1.29, 1.82) is 0 Å². The lowest BCUT2D eigenvalue weighted by Gasteiger charge is -2.10. The largest absolute Gasteiger partial charge is 1.00 e. The fourth-order valence-electron chi connectivity index (χ4n) is 3.51. The van der Waals surface area contributed by atoms with Gasteiger partial charge >= 0.3 is 0 Å². The number of carbonyl (C=O) groups is 1. The molecule has 0 aliphatic rings. The number of nitrogens with one attached hydrogen (secondary N) is 1. The van der Waals surface area contributed by atoms with Gasteiger partial charge in [-0.2, -0.15) is 4.40 Å². The van der Waals surface area contributed by atoms with Crippen molar-refractivity contribution < 1.29 is 21.6 Å². The number of nitrogens with zero attached hydrogens (tertiary/aromatic N) is 2. The number of imidazole rings is 1. The molecule has 4 aromatic rings. The predicted molar refractivity (Wildman–Crippen MR) is 116 cm³/mol. The molecule has 0 amide bonds. The summed E-state index contributed by atoms with van der Waals surface area (Å²) < 4.78 is 3.50. The zero-order chi connectivity index (χ0) is 20.0. The molecule has 0 atom stereocenters. The van der Waals surface area contributed by atoms with E-state index in [-0.39, 0.29) is 18.3 Å². The second-order valence-corrected chi connectivity index (χ2v) is 8.10. The van der Waals surface area contributed by atoms with Crippen LogP contribution in [0, 0.1) is 13.8 Å². The van der Waals surface area contributed by atoms with E-state index in [2.05, 4.69) is 31.3 Å². The molecule has 0 spiro atoms. The Morgan fingerprint density at radius 1 is 1.17 bits per heavy atom. The van der Waals surface area contributed by atoms with Crippen molar-refractivity contribution >= 4 is 51.8 Å². The zero-order valence-electron chi connectivity index (χ0n) is 16.2. The van der Waals surface area contributed by atoms with Crippen LogP contribution in [0.2, 0.25) is 5.02 Å². The van der Waals surface area contributed by atoms with Gasteiger partial charge in [0.1, 0.15) is 0 Å². The van der Waals surface area contributed by atoms with Crippen LogP contribution in [-0.4, -0.2) is 10.5 Å². The number of hydrogen-bond donors (Lipinski definition) is 2. The van der Waals surface area contributed by atoms with Gasteiger partial charge in [0.05, 0.1) is 15.6 Å². The third kappa shape index (κ3) is 3.59. The number of halogens is 2. The minimum absolute atomic E-state index is 0. The van der Waals surface area contributed by atoms with E-state index >= 15 is 0 Å². The third-order valence-electron chi connectivity index (χ3n) is 4.73. The predicted octanol–water partition coefficient (Wildman–Crippen LogP) is 2.22. The van der Waals surface area contributed by atoms with Crippen molar-refractivity contribution in [2.75, 3.05) is 11.1 Å². The van der Waals surface area contributed by atoms with Crippen LogP contribution in [-0.2, 0) is 0 Å². The number of fused-ring (bicyclic) bond motifs is 1. The monoisotopic (exact) mass is 446 g/mol. The van der Waals surface area contributed by atoms with Gasteiger partial charge in [0.25, 0.3) is 5.91 Å². The molecule has 0 saturated heterocycles. The molecule has 5 nitrogen and oxygen atoms in total. The van der Waals surface area contributed by atoms with Gasteiger partial charge in [0.2, 0.25) is 11.5 Å². The van der Waals surface area contributed by atoms with E-state index < -0.39 is 0 Å². The maximum absolute atomic E-state index is 12.6. The lowest BCUT2D eigenvalue weighted by atomic mass is 10.1. The standard InChI is InChI=1S/C21H19ClN4OS.ClH/c1-12-6-4-7-13(2)19(12)24-21-20(16-8-5-9-28-16)25(14(3)27)18-11-15(22)10-17(23)26(18)21;/h4-11,23-24H,1-3H3;1H. The fourth-order valence-corrected chi connectivity index (χ4v) is 4.48. The van der Waals surface area contributed by atoms with Crippen molar-refractivity contribution in [2.24, 2.45) is 0 Å². The highest BCUT2D eigenvalue weighted by Gasteiger charge is 2.30. The van der Waals surface area contributed by atoms with Crippen LogP contribution in [0.25, 0.3) is 16.2 Å². The Balaban J connectivity index is 0.00000240. The van der Waals surface area contributed by atoms with Gasteiger partial charge in [-0.1, -0.05) is 35.9 Å². The number of benzene rings is 1. The Bertz CT molecular complexity index is 1200. The average molecular weight is 447 g/mol. The molecule has 3 aromatic heterocycles. The first kappa shape index (κ1) is 21.2. The van der Waals surface area contributed by atoms with Crippen molar-refractivity contribution in [3.8, 4) is 10.6 Å². The van der Waals surface area contributed by atoms with E-state index in [0.717, 1.165) is 33.2 Å². The van der Waals surface area contributed by atoms with Gasteiger partial charge in [0.15, 0.2) is 11.5 Å². The number of carbonyl (C=O) groups excluding carboxylic acids is 1. The summed E-state index contributed by atoms with van der Waals surface area (Å²) in [7, 11) is 0. The summed E-state index contributed by atoms with van der Waals surface area (Å²) in [6.07, 6.45) is 0. The lowest BCUT2D eigenvalue weighted by Crippen LogP contribution is -3.00. The molecule has 150 valence electrons. The average Bonchev–Trinajstić information content (AvgIpc) is 3.23. The van der Waals surface area contributed by atoms with Crippen LogP contribution in [0.15, 0.2) is 47.8 Å². The molecule has 0 saturated carbocycles. The summed E-state index contributed by atoms with van der Waals surface area (Å²) in [5.41, 5.74) is 10.9. The number of nitrogens with two attached hydrogens (primary N) is 1. The zero-order valence-corrected chi connectivity index (χ0v) is 18.5. The highest BCUT2D eigenvalue weighted by Crippen LogP contribution is 2.36.